The second-order valence-electron chi connectivity index (χ2n) is 8.65. The lowest BCUT2D eigenvalue weighted by atomic mass is 9.89. The fourth-order valence-electron chi connectivity index (χ4n) is 4.15. The minimum Gasteiger partial charge on any atom is -0.385 e. The molecule has 1 aliphatic rings. The van der Waals surface area contributed by atoms with Crippen LogP contribution in [0.3, 0.4) is 0 Å². The Hall–Kier alpha value is -2.46. The fourth-order valence-corrected chi connectivity index (χ4v) is 5.75. The number of nitrogens with one attached hydrogen (secondary N) is 2. The molecule has 10 heteroatoms. The number of hydrogen-bond donors (Lipinski definition) is 2. The average molecular weight is 522 g/mol. The lowest BCUT2D eigenvalue weighted by molar-refractivity contribution is -0.124. The van der Waals surface area contributed by atoms with Crippen molar-refractivity contribution in [3.63, 3.8) is 0 Å². The fraction of sp³-hybridized carbons (Fsp3) is 0.440. The molecule has 1 fully saturated rings. The summed E-state index contributed by atoms with van der Waals surface area (Å²) in [5, 5.41) is 6.24. The zero-order chi connectivity index (χ0) is 25.4. The number of methoxy groups -OCH3 is 1. The van der Waals surface area contributed by atoms with Crippen LogP contribution in [0.5, 0.6) is 0 Å². The zero-order valence-electron chi connectivity index (χ0n) is 20.0. The number of benzene rings is 2. The number of ether oxygens (including phenoxy) is 1. The maximum atomic E-state index is 13.1. The Morgan fingerprint density at radius 3 is 2.46 bits per heavy atom. The number of nitrogens with zero attached hydrogens (tertiary/aromatic N) is 1. The van der Waals surface area contributed by atoms with Gasteiger partial charge in [0, 0.05) is 43.9 Å². The van der Waals surface area contributed by atoms with Gasteiger partial charge in [0.15, 0.2) is 0 Å². The van der Waals surface area contributed by atoms with Gasteiger partial charge in [-0.2, -0.15) is 4.31 Å². The largest absolute Gasteiger partial charge is 0.385 e. The standard InChI is InChI=1S/C25H32ClN3O5S/c1-18-5-3-6-20(17-18)24(30)28-23(25(31)27-13-4-16-34-2)19-11-14-29(15-12-19)35(32,33)22-9-7-21(26)8-10-22/h3,5-10,17,19,23H,4,11-16H2,1-2H3,(H,27,31)(H,28,30)/t23-/m1/s1. The Morgan fingerprint density at radius 2 is 1.83 bits per heavy atom. The van der Waals surface area contributed by atoms with Gasteiger partial charge in [-0.05, 0) is 68.5 Å². The van der Waals surface area contributed by atoms with Gasteiger partial charge < -0.3 is 15.4 Å². The van der Waals surface area contributed by atoms with E-state index in [9.17, 15) is 18.0 Å². The molecular formula is C25H32ClN3O5S. The number of hydrogen-bond acceptors (Lipinski definition) is 5. The van der Waals surface area contributed by atoms with E-state index in [1.807, 2.05) is 13.0 Å². The summed E-state index contributed by atoms with van der Waals surface area (Å²) < 4.78 is 32.5. The average Bonchev–Trinajstić information content (AvgIpc) is 2.85. The van der Waals surface area contributed by atoms with Crippen molar-refractivity contribution in [3.8, 4) is 0 Å². The van der Waals surface area contributed by atoms with Gasteiger partial charge in [0.1, 0.15) is 6.04 Å². The molecule has 0 radical (unpaired) electrons. The Labute approximate surface area is 212 Å². The molecule has 2 aromatic carbocycles. The lowest BCUT2D eigenvalue weighted by Gasteiger charge is -2.35. The van der Waals surface area contributed by atoms with Crippen LogP contribution in [0.1, 0.15) is 35.2 Å². The van der Waals surface area contributed by atoms with Gasteiger partial charge in [-0.15, -0.1) is 0 Å². The van der Waals surface area contributed by atoms with Crippen LogP contribution in [-0.2, 0) is 19.6 Å². The third kappa shape index (κ3) is 7.27. The molecule has 8 nitrogen and oxygen atoms in total. The summed E-state index contributed by atoms with van der Waals surface area (Å²) in [4.78, 5) is 26.2. The summed E-state index contributed by atoms with van der Waals surface area (Å²) in [5.74, 6) is -0.814. The first-order valence-electron chi connectivity index (χ1n) is 11.6. The monoisotopic (exact) mass is 521 g/mol. The highest BCUT2D eigenvalue weighted by atomic mass is 35.5. The number of sulfonamides is 1. The summed E-state index contributed by atoms with van der Waals surface area (Å²) in [6, 6.07) is 12.5. The number of carbonyl (C=O) groups is 2. The van der Waals surface area contributed by atoms with Crippen molar-refractivity contribution < 1.29 is 22.7 Å². The van der Waals surface area contributed by atoms with Crippen LogP contribution < -0.4 is 10.6 Å². The Balaban J connectivity index is 1.71. The number of amides is 2. The quantitative estimate of drug-likeness (QED) is 0.468. The Kier molecular flexibility index (Phi) is 9.68. The van der Waals surface area contributed by atoms with Crippen molar-refractivity contribution in [2.24, 2.45) is 5.92 Å². The van der Waals surface area contributed by atoms with E-state index in [0.717, 1.165) is 5.56 Å². The smallest absolute Gasteiger partial charge is 0.251 e. The van der Waals surface area contributed by atoms with Gasteiger partial charge in [0.25, 0.3) is 5.91 Å². The van der Waals surface area contributed by atoms with E-state index in [1.165, 1.54) is 16.4 Å². The van der Waals surface area contributed by atoms with Crippen molar-refractivity contribution in [2.45, 2.75) is 37.1 Å². The van der Waals surface area contributed by atoms with Gasteiger partial charge in [0.05, 0.1) is 4.90 Å². The van der Waals surface area contributed by atoms with Crippen LogP contribution in [0.15, 0.2) is 53.4 Å². The molecule has 1 heterocycles. The Bertz CT molecular complexity index is 1120. The minimum absolute atomic E-state index is 0.181. The molecule has 1 saturated heterocycles. The predicted molar refractivity (Wildman–Crippen MR) is 135 cm³/mol. The van der Waals surface area contributed by atoms with E-state index in [4.69, 9.17) is 16.3 Å². The molecule has 0 aliphatic carbocycles. The normalized spacial score (nSPS) is 16.0. The van der Waals surface area contributed by atoms with Crippen LogP contribution in [0.4, 0.5) is 0 Å². The van der Waals surface area contributed by atoms with Crippen molar-refractivity contribution in [3.05, 3.63) is 64.7 Å². The molecule has 1 atom stereocenters. The predicted octanol–water partition coefficient (Wildman–Crippen LogP) is 3.00. The summed E-state index contributed by atoms with van der Waals surface area (Å²) in [6.45, 7) is 3.34. The molecule has 0 aromatic heterocycles. The van der Waals surface area contributed by atoms with Gasteiger partial charge in [-0.25, -0.2) is 8.42 Å². The van der Waals surface area contributed by atoms with E-state index in [-0.39, 0.29) is 35.7 Å². The minimum atomic E-state index is -3.67. The second kappa shape index (κ2) is 12.5. The molecule has 35 heavy (non-hydrogen) atoms. The van der Waals surface area contributed by atoms with E-state index in [1.54, 1.807) is 37.4 Å². The third-order valence-corrected chi connectivity index (χ3v) is 8.26. The van der Waals surface area contributed by atoms with Crippen LogP contribution in [0.2, 0.25) is 5.02 Å². The van der Waals surface area contributed by atoms with Crippen LogP contribution in [0.25, 0.3) is 0 Å². The molecule has 190 valence electrons. The first-order chi connectivity index (χ1) is 16.7. The summed E-state index contributed by atoms with van der Waals surface area (Å²) in [7, 11) is -2.07. The molecule has 0 saturated carbocycles. The first-order valence-corrected chi connectivity index (χ1v) is 13.4. The van der Waals surface area contributed by atoms with E-state index < -0.39 is 16.1 Å². The molecule has 3 rings (SSSR count). The highest BCUT2D eigenvalue weighted by Crippen LogP contribution is 2.27. The van der Waals surface area contributed by atoms with Crippen LogP contribution in [0, 0.1) is 12.8 Å². The maximum absolute atomic E-state index is 13.1. The van der Waals surface area contributed by atoms with Crippen LogP contribution >= 0.6 is 11.6 Å². The summed E-state index contributed by atoms with van der Waals surface area (Å²) >= 11 is 5.89. The van der Waals surface area contributed by atoms with Crippen molar-refractivity contribution in [2.75, 3.05) is 33.4 Å². The maximum Gasteiger partial charge on any atom is 0.251 e. The molecule has 0 bridgehead atoms. The lowest BCUT2D eigenvalue weighted by Crippen LogP contribution is -2.54. The summed E-state index contributed by atoms with van der Waals surface area (Å²) in [6.07, 6.45) is 1.53. The van der Waals surface area contributed by atoms with Crippen molar-refractivity contribution in [1.29, 1.82) is 0 Å². The topological polar surface area (TPSA) is 105 Å². The number of carbonyl (C=O) groups excluding carboxylic acids is 2. The van der Waals surface area contributed by atoms with E-state index >= 15 is 0 Å². The van der Waals surface area contributed by atoms with Gasteiger partial charge >= 0.3 is 0 Å². The number of piperidine rings is 1. The Morgan fingerprint density at radius 1 is 1.14 bits per heavy atom. The third-order valence-electron chi connectivity index (χ3n) is 6.10. The zero-order valence-corrected chi connectivity index (χ0v) is 21.6. The van der Waals surface area contributed by atoms with Gasteiger partial charge in [-0.1, -0.05) is 29.3 Å². The first kappa shape index (κ1) is 27.1. The number of rotatable bonds is 10. The van der Waals surface area contributed by atoms with Crippen LogP contribution in [-0.4, -0.2) is 63.9 Å². The van der Waals surface area contributed by atoms with E-state index in [2.05, 4.69) is 10.6 Å². The molecule has 0 unspecified atom stereocenters. The number of aryl methyl sites for hydroxylation is 1. The highest BCUT2D eigenvalue weighted by Gasteiger charge is 2.36. The molecule has 1 aliphatic heterocycles. The second-order valence-corrected chi connectivity index (χ2v) is 11.0. The SMILES string of the molecule is COCCCNC(=O)[C@H](NC(=O)c1cccc(C)c1)C1CCN(S(=O)(=O)c2ccc(Cl)cc2)CC1. The molecule has 2 aromatic rings. The van der Waals surface area contributed by atoms with Gasteiger partial charge in [0.2, 0.25) is 15.9 Å². The number of halogens is 1. The van der Waals surface area contributed by atoms with Crippen molar-refractivity contribution >= 4 is 33.4 Å². The molecule has 2 amide bonds. The highest BCUT2D eigenvalue weighted by molar-refractivity contribution is 7.89. The van der Waals surface area contributed by atoms with E-state index in [0.29, 0.717) is 43.0 Å². The van der Waals surface area contributed by atoms with Crippen molar-refractivity contribution in [1.82, 2.24) is 14.9 Å². The summed E-state index contributed by atoms with van der Waals surface area (Å²) in [5.41, 5.74) is 1.42. The molecular weight excluding hydrogens is 490 g/mol. The van der Waals surface area contributed by atoms with Gasteiger partial charge in [-0.3, -0.25) is 9.59 Å². The molecule has 0 spiro atoms. The molecule has 2 N–H and O–H groups in total.